The van der Waals surface area contributed by atoms with Crippen molar-refractivity contribution in [1.82, 2.24) is 20.2 Å². The summed E-state index contributed by atoms with van der Waals surface area (Å²) in [5.41, 5.74) is 0.239. The molecule has 9 heteroatoms. The van der Waals surface area contributed by atoms with Crippen LogP contribution < -0.4 is 10.0 Å². The smallest absolute Gasteiger partial charge is 0.269 e. The van der Waals surface area contributed by atoms with Gasteiger partial charge in [-0.1, -0.05) is 13.8 Å². The molecule has 0 atom stereocenters. The van der Waals surface area contributed by atoms with E-state index in [1.54, 1.807) is 13.8 Å². The Hall–Kier alpha value is -1.90. The fourth-order valence-corrected chi connectivity index (χ4v) is 2.11. The largest absolute Gasteiger partial charge is 0.350 e. The van der Waals surface area contributed by atoms with E-state index in [0.29, 0.717) is 0 Å². The minimum absolute atomic E-state index is 0.0986. The van der Waals surface area contributed by atoms with Gasteiger partial charge in [0.05, 0.1) is 5.75 Å². The van der Waals surface area contributed by atoms with Gasteiger partial charge < -0.3 is 5.32 Å². The van der Waals surface area contributed by atoms with Gasteiger partial charge in [0, 0.05) is 18.7 Å². The van der Waals surface area contributed by atoms with E-state index in [4.69, 9.17) is 0 Å². The molecule has 0 saturated heterocycles. The number of carbonyl (C=O) groups excluding carboxylic acids is 2. The minimum Gasteiger partial charge on any atom is -0.350 e. The minimum atomic E-state index is -3.73. The summed E-state index contributed by atoms with van der Waals surface area (Å²) in [6.07, 6.45) is 1.41. The highest BCUT2D eigenvalue weighted by atomic mass is 32.2. The Balaban J connectivity index is 2.40. The van der Waals surface area contributed by atoms with Crippen LogP contribution in [0.15, 0.2) is 12.3 Å². The van der Waals surface area contributed by atoms with Gasteiger partial charge in [-0.3, -0.25) is 19.4 Å². The van der Waals surface area contributed by atoms with Crippen molar-refractivity contribution in [3.05, 3.63) is 18.0 Å². The molecule has 3 N–H and O–H groups in total. The van der Waals surface area contributed by atoms with Gasteiger partial charge in [0.1, 0.15) is 5.69 Å². The molecule has 0 saturated carbocycles. The number of nitrogens with one attached hydrogen (secondary N) is 3. The Labute approximate surface area is 111 Å². The van der Waals surface area contributed by atoms with Gasteiger partial charge in [-0.25, -0.2) is 8.42 Å². The van der Waals surface area contributed by atoms with Crippen LogP contribution >= 0.6 is 0 Å². The van der Waals surface area contributed by atoms with Crippen molar-refractivity contribution in [3.8, 4) is 0 Å². The van der Waals surface area contributed by atoms with Crippen molar-refractivity contribution in [2.24, 2.45) is 5.92 Å². The van der Waals surface area contributed by atoms with Gasteiger partial charge >= 0.3 is 0 Å². The summed E-state index contributed by atoms with van der Waals surface area (Å²) >= 11 is 0. The van der Waals surface area contributed by atoms with Crippen LogP contribution in [-0.4, -0.2) is 42.7 Å². The molecule has 1 aromatic heterocycles. The fraction of sp³-hybridized carbons (Fsp3) is 0.500. The molecule has 0 aromatic carbocycles. The van der Waals surface area contributed by atoms with E-state index in [0.717, 1.165) is 0 Å². The number of sulfonamides is 1. The lowest BCUT2D eigenvalue weighted by atomic mass is 10.2. The molecule has 0 aliphatic carbocycles. The fourth-order valence-electron chi connectivity index (χ4n) is 1.10. The third-order valence-corrected chi connectivity index (χ3v) is 3.44. The molecule has 0 spiro atoms. The Morgan fingerprint density at radius 1 is 1.42 bits per heavy atom. The van der Waals surface area contributed by atoms with E-state index in [9.17, 15) is 18.0 Å². The molecule has 0 radical (unpaired) electrons. The summed E-state index contributed by atoms with van der Waals surface area (Å²) in [5, 5.41) is 8.45. The summed E-state index contributed by atoms with van der Waals surface area (Å²) < 4.78 is 24.9. The van der Waals surface area contributed by atoms with E-state index < -0.39 is 27.8 Å². The third-order valence-electron chi connectivity index (χ3n) is 2.18. The van der Waals surface area contributed by atoms with Gasteiger partial charge in [0.15, 0.2) is 0 Å². The number of aromatic nitrogens is 2. The van der Waals surface area contributed by atoms with E-state index in [-0.39, 0.29) is 18.0 Å². The zero-order valence-electron chi connectivity index (χ0n) is 10.6. The van der Waals surface area contributed by atoms with Crippen LogP contribution in [0.5, 0.6) is 0 Å². The third kappa shape index (κ3) is 5.08. The quantitative estimate of drug-likeness (QED) is 0.635. The standard InChI is InChI=1S/C10H16N4O4S/c1-7(2)9(15)14-19(17,18)6-5-11-10(16)8-3-4-12-13-8/h3-4,7H,5-6H2,1-2H3,(H,11,16)(H,12,13)(H,14,15). The van der Waals surface area contributed by atoms with Crippen LogP contribution in [0.1, 0.15) is 24.3 Å². The number of carbonyl (C=O) groups is 2. The maximum atomic E-state index is 11.5. The molecule has 0 unspecified atom stereocenters. The zero-order valence-corrected chi connectivity index (χ0v) is 11.5. The topological polar surface area (TPSA) is 121 Å². The number of hydrogen-bond donors (Lipinski definition) is 3. The van der Waals surface area contributed by atoms with Crippen molar-refractivity contribution in [1.29, 1.82) is 0 Å². The second-order valence-corrected chi connectivity index (χ2v) is 6.01. The number of hydrogen-bond acceptors (Lipinski definition) is 5. The van der Waals surface area contributed by atoms with Crippen molar-refractivity contribution in [3.63, 3.8) is 0 Å². The molecule has 1 aromatic rings. The Bertz CT molecular complexity index is 536. The van der Waals surface area contributed by atoms with E-state index in [1.165, 1.54) is 12.3 Å². The lowest BCUT2D eigenvalue weighted by Crippen LogP contribution is -2.39. The van der Waals surface area contributed by atoms with Crippen molar-refractivity contribution in [2.45, 2.75) is 13.8 Å². The summed E-state index contributed by atoms with van der Waals surface area (Å²) in [7, 11) is -3.73. The van der Waals surface area contributed by atoms with Crippen LogP contribution in [0.3, 0.4) is 0 Å². The zero-order chi connectivity index (χ0) is 14.5. The summed E-state index contributed by atoms with van der Waals surface area (Å²) in [6, 6.07) is 1.46. The van der Waals surface area contributed by atoms with Gasteiger partial charge in [-0.05, 0) is 6.07 Å². The van der Waals surface area contributed by atoms with Crippen LogP contribution in [-0.2, 0) is 14.8 Å². The Morgan fingerprint density at radius 2 is 2.11 bits per heavy atom. The molecule has 1 heterocycles. The molecule has 0 aliphatic rings. The molecule has 1 rings (SSSR count). The maximum Gasteiger partial charge on any atom is 0.269 e. The molecule has 0 aliphatic heterocycles. The summed E-state index contributed by atoms with van der Waals surface area (Å²) in [6.45, 7) is 3.08. The van der Waals surface area contributed by atoms with Gasteiger partial charge in [-0.2, -0.15) is 5.10 Å². The first-order valence-electron chi connectivity index (χ1n) is 5.64. The number of rotatable bonds is 6. The van der Waals surface area contributed by atoms with Crippen LogP contribution in [0.25, 0.3) is 0 Å². The molecule has 106 valence electrons. The number of amides is 2. The second kappa shape index (κ2) is 6.32. The highest BCUT2D eigenvalue weighted by molar-refractivity contribution is 7.90. The second-order valence-electron chi connectivity index (χ2n) is 4.17. The van der Waals surface area contributed by atoms with Crippen molar-refractivity contribution >= 4 is 21.8 Å². The summed E-state index contributed by atoms with van der Waals surface area (Å²) in [4.78, 5) is 22.7. The van der Waals surface area contributed by atoms with E-state index in [1.807, 2.05) is 4.72 Å². The monoisotopic (exact) mass is 288 g/mol. The average Bonchev–Trinajstić information content (AvgIpc) is 2.81. The summed E-state index contributed by atoms with van der Waals surface area (Å²) in [5.74, 6) is -1.82. The highest BCUT2D eigenvalue weighted by Gasteiger charge is 2.17. The first kappa shape index (κ1) is 15.2. The normalized spacial score (nSPS) is 11.3. The van der Waals surface area contributed by atoms with Crippen molar-refractivity contribution < 1.29 is 18.0 Å². The average molecular weight is 288 g/mol. The molecule has 8 nitrogen and oxygen atoms in total. The maximum absolute atomic E-state index is 11.5. The van der Waals surface area contributed by atoms with Crippen molar-refractivity contribution in [2.75, 3.05) is 12.3 Å². The number of nitrogens with zero attached hydrogens (tertiary/aromatic N) is 1. The van der Waals surface area contributed by atoms with Crippen LogP contribution in [0, 0.1) is 5.92 Å². The molecule has 0 bridgehead atoms. The molecule has 2 amide bonds. The predicted octanol–water partition coefficient (Wildman–Crippen LogP) is -0.758. The SMILES string of the molecule is CC(C)C(=O)NS(=O)(=O)CCNC(=O)c1ccn[nH]1. The number of H-pyrrole nitrogens is 1. The van der Waals surface area contributed by atoms with Gasteiger partial charge in [0.25, 0.3) is 5.91 Å². The van der Waals surface area contributed by atoms with E-state index >= 15 is 0 Å². The van der Waals surface area contributed by atoms with Gasteiger partial charge in [0.2, 0.25) is 15.9 Å². The highest BCUT2D eigenvalue weighted by Crippen LogP contribution is 1.94. The molecular weight excluding hydrogens is 272 g/mol. The molecule has 0 fully saturated rings. The lowest BCUT2D eigenvalue weighted by molar-refractivity contribution is -0.122. The Kier molecular flexibility index (Phi) is 5.04. The van der Waals surface area contributed by atoms with Gasteiger partial charge in [-0.15, -0.1) is 0 Å². The Morgan fingerprint density at radius 3 is 2.63 bits per heavy atom. The van der Waals surface area contributed by atoms with Crippen LogP contribution in [0.2, 0.25) is 0 Å². The predicted molar refractivity (Wildman–Crippen MR) is 67.7 cm³/mol. The molecular formula is C10H16N4O4S. The number of aromatic amines is 1. The van der Waals surface area contributed by atoms with Crippen LogP contribution in [0.4, 0.5) is 0 Å². The van der Waals surface area contributed by atoms with E-state index in [2.05, 4.69) is 15.5 Å². The molecule has 19 heavy (non-hydrogen) atoms. The lowest BCUT2D eigenvalue weighted by Gasteiger charge is -2.09. The first-order chi connectivity index (χ1) is 8.82. The first-order valence-corrected chi connectivity index (χ1v) is 7.29.